The van der Waals surface area contributed by atoms with Crippen LogP contribution >= 0.6 is 0 Å². The molecule has 1 aromatic heterocycles. The van der Waals surface area contributed by atoms with Crippen LogP contribution in [0.1, 0.15) is 50.4 Å². The zero-order chi connectivity index (χ0) is 13.2. The average Bonchev–Trinajstić information content (AvgIpc) is 2.83. The van der Waals surface area contributed by atoms with Crippen LogP contribution in [0, 0.1) is 0 Å². The molecular weight excluding hydrogens is 234 g/mol. The van der Waals surface area contributed by atoms with E-state index in [1.54, 1.807) is 0 Å². The fraction of sp³-hybridized carbons (Fsp3) is 0.688. The van der Waals surface area contributed by atoms with Gasteiger partial charge in [-0.1, -0.05) is 6.07 Å². The molecule has 1 aromatic rings. The number of hydrogen-bond donors (Lipinski definition) is 1. The quantitative estimate of drug-likeness (QED) is 0.904. The summed E-state index contributed by atoms with van der Waals surface area (Å²) in [6.45, 7) is 7.06. The van der Waals surface area contributed by atoms with E-state index in [1.165, 1.54) is 50.0 Å². The summed E-state index contributed by atoms with van der Waals surface area (Å²) in [5.74, 6) is 0. The molecular formula is C16H25N3. The van der Waals surface area contributed by atoms with Crippen LogP contribution in [-0.2, 0) is 6.42 Å². The molecule has 19 heavy (non-hydrogen) atoms. The van der Waals surface area contributed by atoms with Crippen molar-refractivity contribution in [2.75, 3.05) is 13.1 Å². The van der Waals surface area contributed by atoms with Gasteiger partial charge in [0, 0.05) is 18.3 Å². The van der Waals surface area contributed by atoms with Crippen LogP contribution in [0.15, 0.2) is 18.3 Å². The molecule has 1 atom stereocenters. The molecule has 0 aromatic carbocycles. The molecule has 0 amide bonds. The number of likely N-dealkylation sites (tertiary alicyclic amines) is 1. The molecule has 2 aliphatic rings. The van der Waals surface area contributed by atoms with Gasteiger partial charge >= 0.3 is 0 Å². The summed E-state index contributed by atoms with van der Waals surface area (Å²) in [4.78, 5) is 7.16. The Bertz CT molecular complexity index is 422. The van der Waals surface area contributed by atoms with Gasteiger partial charge in [0.2, 0.25) is 0 Å². The van der Waals surface area contributed by atoms with Gasteiger partial charge in [0.1, 0.15) is 0 Å². The van der Waals surface area contributed by atoms with Crippen molar-refractivity contribution >= 4 is 0 Å². The number of pyridine rings is 1. The van der Waals surface area contributed by atoms with E-state index in [0.29, 0.717) is 18.1 Å². The minimum Gasteiger partial charge on any atom is -0.306 e. The van der Waals surface area contributed by atoms with Crippen molar-refractivity contribution in [3.05, 3.63) is 29.6 Å². The van der Waals surface area contributed by atoms with Crippen molar-refractivity contribution in [3.8, 4) is 0 Å². The Kier molecular flexibility index (Phi) is 3.85. The van der Waals surface area contributed by atoms with E-state index in [0.717, 1.165) is 0 Å². The monoisotopic (exact) mass is 259 g/mol. The molecule has 1 aliphatic heterocycles. The van der Waals surface area contributed by atoms with Crippen molar-refractivity contribution in [1.29, 1.82) is 0 Å². The van der Waals surface area contributed by atoms with Crippen LogP contribution in [0.4, 0.5) is 0 Å². The molecule has 1 unspecified atom stereocenters. The van der Waals surface area contributed by atoms with Gasteiger partial charge in [0.05, 0.1) is 11.7 Å². The molecule has 1 aliphatic carbocycles. The van der Waals surface area contributed by atoms with E-state index >= 15 is 0 Å². The van der Waals surface area contributed by atoms with Crippen molar-refractivity contribution < 1.29 is 0 Å². The molecule has 3 rings (SSSR count). The highest BCUT2D eigenvalue weighted by atomic mass is 15.2. The van der Waals surface area contributed by atoms with E-state index < -0.39 is 0 Å². The first kappa shape index (κ1) is 13.1. The van der Waals surface area contributed by atoms with Crippen molar-refractivity contribution in [2.45, 2.75) is 57.7 Å². The van der Waals surface area contributed by atoms with Gasteiger partial charge in [-0.15, -0.1) is 0 Å². The summed E-state index contributed by atoms with van der Waals surface area (Å²) in [5.41, 5.74) is 2.74. The van der Waals surface area contributed by atoms with E-state index in [9.17, 15) is 0 Å². The van der Waals surface area contributed by atoms with E-state index in [-0.39, 0.29) is 0 Å². The standard InChI is InChI=1S/C16H25N3/c1-12(2)19-10-7-14(8-11-19)18-15-6-5-13-4-3-9-17-16(13)15/h3-4,9,12,14-15,18H,5-8,10-11H2,1-2H3. The molecule has 0 saturated carbocycles. The number of piperidine rings is 1. The van der Waals surface area contributed by atoms with Crippen LogP contribution in [0.3, 0.4) is 0 Å². The number of rotatable bonds is 3. The molecule has 3 nitrogen and oxygen atoms in total. The zero-order valence-electron chi connectivity index (χ0n) is 12.1. The van der Waals surface area contributed by atoms with E-state index in [2.05, 4.69) is 41.2 Å². The lowest BCUT2D eigenvalue weighted by atomic mass is 10.0. The largest absolute Gasteiger partial charge is 0.306 e. The van der Waals surface area contributed by atoms with Crippen molar-refractivity contribution in [3.63, 3.8) is 0 Å². The first-order chi connectivity index (χ1) is 9.24. The van der Waals surface area contributed by atoms with E-state index in [4.69, 9.17) is 0 Å². The van der Waals surface area contributed by atoms with E-state index in [1.807, 2.05) is 6.20 Å². The first-order valence-corrected chi connectivity index (χ1v) is 7.68. The summed E-state index contributed by atoms with van der Waals surface area (Å²) >= 11 is 0. The minimum atomic E-state index is 0.492. The Morgan fingerprint density at radius 3 is 2.79 bits per heavy atom. The van der Waals surface area contributed by atoms with Gasteiger partial charge in [-0.3, -0.25) is 4.98 Å². The number of aryl methyl sites for hydroxylation is 1. The number of aromatic nitrogens is 1. The fourth-order valence-corrected chi connectivity index (χ4v) is 3.44. The number of fused-ring (bicyclic) bond motifs is 1. The molecule has 0 spiro atoms. The lowest BCUT2D eigenvalue weighted by Gasteiger charge is -2.36. The SMILES string of the molecule is CC(C)N1CCC(NC2CCc3cccnc32)CC1. The molecule has 1 N–H and O–H groups in total. The molecule has 1 fully saturated rings. The van der Waals surface area contributed by atoms with Gasteiger partial charge in [-0.25, -0.2) is 0 Å². The van der Waals surface area contributed by atoms with Crippen molar-refractivity contribution in [1.82, 2.24) is 15.2 Å². The van der Waals surface area contributed by atoms with Crippen molar-refractivity contribution in [2.24, 2.45) is 0 Å². The van der Waals surface area contributed by atoms with Gasteiger partial charge in [-0.05, 0) is 64.3 Å². The van der Waals surface area contributed by atoms with Gasteiger partial charge < -0.3 is 10.2 Å². The predicted octanol–water partition coefficient (Wildman–Crippen LogP) is 2.53. The second-order valence-electron chi connectivity index (χ2n) is 6.21. The lowest BCUT2D eigenvalue weighted by molar-refractivity contribution is 0.156. The Morgan fingerprint density at radius 2 is 2.05 bits per heavy atom. The molecule has 1 saturated heterocycles. The molecule has 2 heterocycles. The second kappa shape index (κ2) is 5.59. The first-order valence-electron chi connectivity index (χ1n) is 7.68. The highest BCUT2D eigenvalue weighted by Gasteiger charge is 2.28. The van der Waals surface area contributed by atoms with Crippen LogP contribution < -0.4 is 5.32 Å². The summed E-state index contributed by atoms with van der Waals surface area (Å²) in [6, 6.07) is 6.14. The summed E-state index contributed by atoms with van der Waals surface area (Å²) in [6.07, 6.45) is 6.89. The molecule has 104 valence electrons. The average molecular weight is 259 g/mol. The Labute approximate surface area is 116 Å². The summed E-state index contributed by atoms with van der Waals surface area (Å²) in [7, 11) is 0. The van der Waals surface area contributed by atoms with Crippen LogP contribution in [-0.4, -0.2) is 35.1 Å². The maximum Gasteiger partial charge on any atom is 0.0605 e. The third-order valence-electron chi connectivity index (χ3n) is 4.66. The normalized spacial score (nSPS) is 24.9. The van der Waals surface area contributed by atoms with Gasteiger partial charge in [0.25, 0.3) is 0 Å². The molecule has 0 radical (unpaired) electrons. The maximum atomic E-state index is 4.58. The summed E-state index contributed by atoms with van der Waals surface area (Å²) in [5, 5.41) is 3.84. The second-order valence-corrected chi connectivity index (χ2v) is 6.21. The smallest absolute Gasteiger partial charge is 0.0605 e. The topological polar surface area (TPSA) is 28.2 Å². The third kappa shape index (κ3) is 2.82. The fourth-order valence-electron chi connectivity index (χ4n) is 3.44. The number of nitrogens with zero attached hydrogens (tertiary/aromatic N) is 2. The number of hydrogen-bond acceptors (Lipinski definition) is 3. The van der Waals surface area contributed by atoms with Crippen LogP contribution in [0.25, 0.3) is 0 Å². The third-order valence-corrected chi connectivity index (χ3v) is 4.66. The van der Waals surface area contributed by atoms with Crippen LogP contribution in [0.5, 0.6) is 0 Å². The predicted molar refractivity (Wildman–Crippen MR) is 78.2 cm³/mol. The van der Waals surface area contributed by atoms with Gasteiger partial charge in [0.15, 0.2) is 0 Å². The van der Waals surface area contributed by atoms with Gasteiger partial charge in [-0.2, -0.15) is 0 Å². The maximum absolute atomic E-state index is 4.58. The Hall–Kier alpha value is -0.930. The zero-order valence-corrected chi connectivity index (χ0v) is 12.1. The Balaban J connectivity index is 1.57. The Morgan fingerprint density at radius 1 is 1.26 bits per heavy atom. The molecule has 3 heteroatoms. The minimum absolute atomic E-state index is 0.492. The highest BCUT2D eigenvalue weighted by molar-refractivity contribution is 5.28. The number of nitrogens with one attached hydrogen (secondary N) is 1. The van der Waals surface area contributed by atoms with Crippen LogP contribution in [0.2, 0.25) is 0 Å². The lowest BCUT2D eigenvalue weighted by Crippen LogP contribution is -2.45. The highest BCUT2D eigenvalue weighted by Crippen LogP contribution is 2.30. The molecule has 0 bridgehead atoms. The summed E-state index contributed by atoms with van der Waals surface area (Å²) < 4.78 is 0.